The molecular formula is C27H26N2O5. The molecule has 0 unspecified atom stereocenters. The number of rotatable bonds is 8. The molecule has 0 saturated heterocycles. The van der Waals surface area contributed by atoms with E-state index < -0.39 is 0 Å². The fourth-order valence-electron chi connectivity index (χ4n) is 3.83. The molecule has 4 rings (SSSR count). The first-order valence-corrected chi connectivity index (χ1v) is 11.0. The zero-order valence-electron chi connectivity index (χ0n) is 19.3. The van der Waals surface area contributed by atoms with Crippen LogP contribution in [0.5, 0.6) is 11.5 Å². The molecule has 0 spiro atoms. The number of imide groups is 1. The molecule has 1 aliphatic heterocycles. The minimum atomic E-state index is -0.340. The third-order valence-corrected chi connectivity index (χ3v) is 5.48. The number of fused-ring (bicyclic) bond motifs is 1. The number of nitrogens with zero attached hydrogens (tertiary/aromatic N) is 1. The fourth-order valence-corrected chi connectivity index (χ4v) is 3.83. The second-order valence-electron chi connectivity index (χ2n) is 8.27. The molecule has 3 aromatic rings. The fraction of sp³-hybridized carbons (Fsp3) is 0.222. The molecule has 1 aliphatic rings. The van der Waals surface area contributed by atoms with Crippen molar-refractivity contribution in [2.75, 3.05) is 7.11 Å². The van der Waals surface area contributed by atoms with Gasteiger partial charge in [0.1, 0.15) is 11.5 Å². The average molecular weight is 459 g/mol. The maximum Gasteiger partial charge on any atom is 0.261 e. The van der Waals surface area contributed by atoms with E-state index in [0.717, 1.165) is 11.3 Å². The quantitative estimate of drug-likeness (QED) is 0.511. The van der Waals surface area contributed by atoms with Crippen molar-refractivity contribution in [1.29, 1.82) is 0 Å². The molecule has 3 aromatic carbocycles. The van der Waals surface area contributed by atoms with E-state index in [1.807, 2.05) is 38.1 Å². The molecule has 0 aliphatic carbocycles. The van der Waals surface area contributed by atoms with Gasteiger partial charge in [0.15, 0.2) is 0 Å². The molecule has 7 heteroatoms. The maximum atomic E-state index is 12.9. The molecule has 0 aromatic heterocycles. The van der Waals surface area contributed by atoms with Crippen molar-refractivity contribution in [3.8, 4) is 11.5 Å². The van der Waals surface area contributed by atoms with Crippen LogP contribution in [0.2, 0.25) is 0 Å². The molecule has 3 amide bonds. The van der Waals surface area contributed by atoms with Crippen LogP contribution in [-0.4, -0.2) is 35.8 Å². The topological polar surface area (TPSA) is 84.9 Å². The molecule has 0 fully saturated rings. The number of amides is 3. The number of hydrogen-bond donors (Lipinski definition) is 1. The highest BCUT2D eigenvalue weighted by molar-refractivity contribution is 6.21. The lowest BCUT2D eigenvalue weighted by Crippen LogP contribution is -2.29. The van der Waals surface area contributed by atoms with E-state index in [1.165, 1.54) is 12.0 Å². The number of nitrogens with one attached hydrogen (secondary N) is 1. The third kappa shape index (κ3) is 4.78. The summed E-state index contributed by atoms with van der Waals surface area (Å²) < 4.78 is 11.0. The summed E-state index contributed by atoms with van der Waals surface area (Å²) in [5, 5.41) is 2.90. The number of ether oxygens (including phenoxy) is 2. The highest BCUT2D eigenvalue weighted by Crippen LogP contribution is 2.26. The van der Waals surface area contributed by atoms with Gasteiger partial charge < -0.3 is 14.8 Å². The van der Waals surface area contributed by atoms with E-state index in [0.29, 0.717) is 34.5 Å². The standard InChI is InChI=1S/C27H26N2O5/c1-17(2)34-20-11-8-18(9-12-20)15-28-25(30)23-14-19(10-13-24(23)33-3)16-29-26(31)21-6-4-5-7-22(21)27(29)32/h4-14,17H,15-16H2,1-3H3,(H,28,30). The van der Waals surface area contributed by atoms with Gasteiger partial charge in [0.05, 0.1) is 36.4 Å². The maximum absolute atomic E-state index is 12.9. The van der Waals surface area contributed by atoms with Crippen molar-refractivity contribution in [2.45, 2.75) is 33.0 Å². The van der Waals surface area contributed by atoms with Crippen molar-refractivity contribution < 1.29 is 23.9 Å². The first-order valence-electron chi connectivity index (χ1n) is 11.0. The SMILES string of the molecule is COc1ccc(CN2C(=O)c3ccccc3C2=O)cc1C(=O)NCc1ccc(OC(C)C)cc1. The molecule has 0 bridgehead atoms. The summed E-state index contributed by atoms with van der Waals surface area (Å²) in [6, 6.07) is 19.3. The van der Waals surface area contributed by atoms with Gasteiger partial charge in [0.2, 0.25) is 0 Å². The molecule has 1 heterocycles. The van der Waals surface area contributed by atoms with Crippen molar-refractivity contribution in [3.63, 3.8) is 0 Å². The lowest BCUT2D eigenvalue weighted by atomic mass is 10.1. The summed E-state index contributed by atoms with van der Waals surface area (Å²) >= 11 is 0. The first-order chi connectivity index (χ1) is 16.4. The molecule has 34 heavy (non-hydrogen) atoms. The largest absolute Gasteiger partial charge is 0.496 e. The van der Waals surface area contributed by atoms with Crippen LogP contribution >= 0.6 is 0 Å². The van der Waals surface area contributed by atoms with E-state index in [1.54, 1.807) is 42.5 Å². The molecule has 0 saturated carbocycles. The van der Waals surface area contributed by atoms with Gasteiger partial charge in [0.25, 0.3) is 17.7 Å². The van der Waals surface area contributed by atoms with Gasteiger partial charge in [-0.05, 0) is 61.4 Å². The van der Waals surface area contributed by atoms with Gasteiger partial charge in [-0.3, -0.25) is 19.3 Å². The van der Waals surface area contributed by atoms with Crippen molar-refractivity contribution in [1.82, 2.24) is 10.2 Å². The lowest BCUT2D eigenvalue weighted by Gasteiger charge is -2.16. The lowest BCUT2D eigenvalue weighted by molar-refractivity contribution is 0.0642. The number of benzene rings is 3. The average Bonchev–Trinajstić information content (AvgIpc) is 3.08. The highest BCUT2D eigenvalue weighted by atomic mass is 16.5. The van der Waals surface area contributed by atoms with E-state index in [4.69, 9.17) is 9.47 Å². The van der Waals surface area contributed by atoms with E-state index >= 15 is 0 Å². The Hall–Kier alpha value is -4.13. The summed E-state index contributed by atoms with van der Waals surface area (Å²) in [6.07, 6.45) is 0.0885. The van der Waals surface area contributed by atoms with Crippen LogP contribution in [0.3, 0.4) is 0 Å². The van der Waals surface area contributed by atoms with Crippen LogP contribution in [0.15, 0.2) is 66.7 Å². The Morgan fingerprint density at radius 3 is 2.12 bits per heavy atom. The molecule has 7 nitrogen and oxygen atoms in total. The van der Waals surface area contributed by atoms with Gasteiger partial charge in [-0.25, -0.2) is 0 Å². The van der Waals surface area contributed by atoms with Gasteiger partial charge in [-0.2, -0.15) is 0 Å². The number of methoxy groups -OCH3 is 1. The first kappa shape index (κ1) is 23.0. The van der Waals surface area contributed by atoms with Gasteiger partial charge in [-0.1, -0.05) is 30.3 Å². The van der Waals surface area contributed by atoms with Crippen molar-refractivity contribution >= 4 is 17.7 Å². The molecule has 1 N–H and O–H groups in total. The zero-order chi connectivity index (χ0) is 24.2. The summed E-state index contributed by atoms with van der Waals surface area (Å²) in [6.45, 7) is 4.31. The number of carbonyl (C=O) groups is 3. The Labute approximate surface area is 198 Å². The van der Waals surface area contributed by atoms with Crippen LogP contribution in [0, 0.1) is 0 Å². The predicted octanol–water partition coefficient (Wildman–Crippen LogP) is 4.21. The highest BCUT2D eigenvalue weighted by Gasteiger charge is 2.35. The van der Waals surface area contributed by atoms with Gasteiger partial charge in [0, 0.05) is 6.54 Å². The minimum Gasteiger partial charge on any atom is -0.496 e. The summed E-state index contributed by atoms with van der Waals surface area (Å²) in [5.41, 5.74) is 2.69. The monoisotopic (exact) mass is 458 g/mol. The van der Waals surface area contributed by atoms with Crippen LogP contribution in [0.25, 0.3) is 0 Å². The number of hydrogen-bond acceptors (Lipinski definition) is 5. The molecule has 174 valence electrons. The second kappa shape index (κ2) is 9.79. The van der Waals surface area contributed by atoms with E-state index in [9.17, 15) is 14.4 Å². The van der Waals surface area contributed by atoms with Crippen molar-refractivity contribution in [3.05, 3.63) is 94.5 Å². The third-order valence-electron chi connectivity index (χ3n) is 5.48. The minimum absolute atomic E-state index is 0.0634. The smallest absolute Gasteiger partial charge is 0.261 e. The Bertz CT molecular complexity index is 1200. The summed E-state index contributed by atoms with van der Waals surface area (Å²) in [5.74, 6) is 0.181. The predicted molar refractivity (Wildman–Crippen MR) is 127 cm³/mol. The summed E-state index contributed by atoms with van der Waals surface area (Å²) in [7, 11) is 1.49. The second-order valence-corrected chi connectivity index (χ2v) is 8.27. The Balaban J connectivity index is 1.46. The van der Waals surface area contributed by atoms with E-state index in [-0.39, 0.29) is 30.4 Å². The Morgan fingerprint density at radius 1 is 0.912 bits per heavy atom. The summed E-state index contributed by atoms with van der Waals surface area (Å²) in [4.78, 5) is 39.5. The van der Waals surface area contributed by atoms with E-state index in [2.05, 4.69) is 5.32 Å². The molecular weight excluding hydrogens is 432 g/mol. The van der Waals surface area contributed by atoms with Crippen molar-refractivity contribution in [2.24, 2.45) is 0 Å². The Morgan fingerprint density at radius 2 is 1.53 bits per heavy atom. The molecule has 0 radical (unpaired) electrons. The Kier molecular flexibility index (Phi) is 6.63. The number of carbonyl (C=O) groups excluding carboxylic acids is 3. The van der Waals surface area contributed by atoms with Gasteiger partial charge >= 0.3 is 0 Å². The van der Waals surface area contributed by atoms with Crippen LogP contribution in [0.1, 0.15) is 56.0 Å². The zero-order valence-corrected chi connectivity index (χ0v) is 19.3. The van der Waals surface area contributed by atoms with Crippen LogP contribution in [0.4, 0.5) is 0 Å². The van der Waals surface area contributed by atoms with Crippen LogP contribution in [-0.2, 0) is 13.1 Å². The van der Waals surface area contributed by atoms with Crippen LogP contribution < -0.4 is 14.8 Å². The van der Waals surface area contributed by atoms with Gasteiger partial charge in [-0.15, -0.1) is 0 Å². The molecule has 0 atom stereocenters. The normalized spacial score (nSPS) is 12.6.